The van der Waals surface area contributed by atoms with E-state index in [2.05, 4.69) is 0 Å². The van der Waals surface area contributed by atoms with Gasteiger partial charge in [-0.1, -0.05) is 29.8 Å². The number of carboxylic acid groups (broad SMARTS) is 1. The van der Waals surface area contributed by atoms with Gasteiger partial charge in [0.2, 0.25) is 0 Å². The number of ether oxygens (including phenoxy) is 1. The first-order valence-electron chi connectivity index (χ1n) is 5.08. The summed E-state index contributed by atoms with van der Waals surface area (Å²) < 4.78 is 5.18. The summed E-state index contributed by atoms with van der Waals surface area (Å²) in [5.74, 6) is -1.37. The Kier molecular flexibility index (Phi) is 5.12. The van der Waals surface area contributed by atoms with Crippen molar-refractivity contribution in [3.8, 4) is 0 Å². The maximum Gasteiger partial charge on any atom is 0.333 e. The van der Waals surface area contributed by atoms with Gasteiger partial charge in [-0.25, -0.2) is 4.79 Å². The molecular formula is C12H13ClO4. The Hall–Kier alpha value is -1.39. The maximum atomic E-state index is 10.9. The standard InChI is InChI=1S/C12H13ClO4/c1-8(14)6-11(12(15)16)17-7-9-4-2-3-5-10(9)13/h2-5,11H,6-7H2,1H3,(H,15,16). The zero-order valence-corrected chi connectivity index (χ0v) is 10.1. The van der Waals surface area contributed by atoms with Crippen LogP contribution in [0.15, 0.2) is 24.3 Å². The Morgan fingerprint density at radius 3 is 2.59 bits per heavy atom. The van der Waals surface area contributed by atoms with E-state index in [1.54, 1.807) is 24.3 Å². The summed E-state index contributed by atoms with van der Waals surface area (Å²) in [6, 6.07) is 7.00. The fourth-order valence-corrected chi connectivity index (χ4v) is 1.47. The number of carbonyl (C=O) groups excluding carboxylic acids is 1. The van der Waals surface area contributed by atoms with Crippen LogP contribution >= 0.6 is 11.6 Å². The summed E-state index contributed by atoms with van der Waals surface area (Å²) in [6.07, 6.45) is -1.26. The van der Waals surface area contributed by atoms with Crippen molar-refractivity contribution in [3.05, 3.63) is 34.9 Å². The van der Waals surface area contributed by atoms with Crippen LogP contribution in [-0.2, 0) is 20.9 Å². The third-order valence-electron chi connectivity index (χ3n) is 2.15. The first-order valence-corrected chi connectivity index (χ1v) is 5.45. The van der Waals surface area contributed by atoms with Gasteiger partial charge in [0.15, 0.2) is 6.10 Å². The molecule has 17 heavy (non-hydrogen) atoms. The molecule has 0 aliphatic carbocycles. The van der Waals surface area contributed by atoms with Gasteiger partial charge in [-0.15, -0.1) is 0 Å². The van der Waals surface area contributed by atoms with E-state index in [4.69, 9.17) is 21.4 Å². The molecule has 0 aliphatic heterocycles. The van der Waals surface area contributed by atoms with E-state index in [-0.39, 0.29) is 18.8 Å². The number of ketones is 1. The number of halogens is 1. The minimum atomic E-state index is -1.15. The highest BCUT2D eigenvalue weighted by Crippen LogP contribution is 2.17. The van der Waals surface area contributed by atoms with E-state index >= 15 is 0 Å². The topological polar surface area (TPSA) is 63.6 Å². The molecule has 0 aromatic heterocycles. The fourth-order valence-electron chi connectivity index (χ4n) is 1.28. The lowest BCUT2D eigenvalue weighted by Crippen LogP contribution is -2.26. The van der Waals surface area contributed by atoms with Crippen LogP contribution in [0, 0.1) is 0 Å². The van der Waals surface area contributed by atoms with Gasteiger partial charge in [-0.05, 0) is 18.6 Å². The van der Waals surface area contributed by atoms with Gasteiger partial charge in [-0.2, -0.15) is 0 Å². The van der Waals surface area contributed by atoms with Crippen LogP contribution in [0.25, 0.3) is 0 Å². The molecule has 0 saturated heterocycles. The molecule has 1 atom stereocenters. The first-order chi connectivity index (χ1) is 8.00. The summed E-state index contributed by atoms with van der Waals surface area (Å²) in [4.78, 5) is 21.7. The van der Waals surface area contributed by atoms with Gasteiger partial charge in [0, 0.05) is 11.4 Å². The molecule has 0 aliphatic rings. The average molecular weight is 257 g/mol. The van der Waals surface area contributed by atoms with Crippen molar-refractivity contribution in [1.82, 2.24) is 0 Å². The van der Waals surface area contributed by atoms with Crippen molar-refractivity contribution in [1.29, 1.82) is 0 Å². The molecular weight excluding hydrogens is 244 g/mol. The SMILES string of the molecule is CC(=O)CC(OCc1ccccc1Cl)C(=O)O. The summed E-state index contributed by atoms with van der Waals surface area (Å²) in [6.45, 7) is 1.40. The molecule has 0 radical (unpaired) electrons. The first kappa shape index (κ1) is 13.7. The van der Waals surface area contributed by atoms with Gasteiger partial charge < -0.3 is 9.84 Å². The zero-order chi connectivity index (χ0) is 12.8. The fraction of sp³-hybridized carbons (Fsp3) is 0.333. The third-order valence-corrected chi connectivity index (χ3v) is 2.51. The number of hydrogen-bond donors (Lipinski definition) is 1. The molecule has 0 amide bonds. The molecule has 0 fully saturated rings. The molecule has 4 nitrogen and oxygen atoms in total. The zero-order valence-electron chi connectivity index (χ0n) is 9.35. The Labute approximate surface area is 104 Å². The quantitative estimate of drug-likeness (QED) is 0.848. The maximum absolute atomic E-state index is 10.9. The molecule has 1 N–H and O–H groups in total. The van der Waals surface area contributed by atoms with Crippen molar-refractivity contribution >= 4 is 23.4 Å². The highest BCUT2D eigenvalue weighted by atomic mass is 35.5. The van der Waals surface area contributed by atoms with Crippen molar-refractivity contribution in [2.45, 2.75) is 26.1 Å². The second-order valence-electron chi connectivity index (χ2n) is 3.64. The van der Waals surface area contributed by atoms with E-state index in [0.717, 1.165) is 0 Å². The number of benzene rings is 1. The summed E-state index contributed by atoms with van der Waals surface area (Å²) in [5.41, 5.74) is 0.698. The van der Waals surface area contributed by atoms with Crippen LogP contribution in [0.3, 0.4) is 0 Å². The molecule has 0 bridgehead atoms. The van der Waals surface area contributed by atoms with E-state index in [1.807, 2.05) is 0 Å². The van der Waals surface area contributed by atoms with Gasteiger partial charge in [0.1, 0.15) is 5.78 Å². The normalized spacial score (nSPS) is 12.1. The second kappa shape index (κ2) is 6.37. The molecule has 1 unspecified atom stereocenters. The average Bonchev–Trinajstić information content (AvgIpc) is 2.25. The van der Waals surface area contributed by atoms with Gasteiger partial charge in [0.05, 0.1) is 6.61 Å². The number of Topliss-reactive ketones (excluding diaryl/α,β-unsaturated/α-hetero) is 1. The number of carbonyl (C=O) groups is 2. The Morgan fingerprint density at radius 1 is 1.41 bits per heavy atom. The molecule has 92 valence electrons. The highest BCUT2D eigenvalue weighted by Gasteiger charge is 2.20. The number of rotatable bonds is 6. The van der Waals surface area contributed by atoms with Gasteiger partial charge in [0.25, 0.3) is 0 Å². The minimum absolute atomic E-state index is 0.0733. The smallest absolute Gasteiger partial charge is 0.333 e. The number of aliphatic carboxylic acids is 1. The van der Waals surface area contributed by atoms with E-state index < -0.39 is 12.1 Å². The lowest BCUT2D eigenvalue weighted by Gasteiger charge is -2.12. The van der Waals surface area contributed by atoms with Crippen molar-refractivity contribution in [3.63, 3.8) is 0 Å². The second-order valence-corrected chi connectivity index (χ2v) is 4.04. The highest BCUT2D eigenvalue weighted by molar-refractivity contribution is 6.31. The Balaban J connectivity index is 2.61. The van der Waals surface area contributed by atoms with E-state index in [9.17, 15) is 9.59 Å². The van der Waals surface area contributed by atoms with Crippen molar-refractivity contribution < 1.29 is 19.4 Å². The van der Waals surface area contributed by atoms with Crippen LogP contribution in [0.1, 0.15) is 18.9 Å². The molecule has 5 heteroatoms. The molecule has 0 heterocycles. The molecule has 0 spiro atoms. The van der Waals surface area contributed by atoms with Gasteiger partial charge >= 0.3 is 5.97 Å². The van der Waals surface area contributed by atoms with E-state index in [0.29, 0.717) is 10.6 Å². The van der Waals surface area contributed by atoms with Crippen LogP contribution in [0.4, 0.5) is 0 Å². The van der Waals surface area contributed by atoms with E-state index in [1.165, 1.54) is 6.92 Å². The predicted octanol–water partition coefficient (Wildman–Crippen LogP) is 2.29. The predicted molar refractivity (Wildman–Crippen MR) is 63.0 cm³/mol. The Morgan fingerprint density at radius 2 is 2.06 bits per heavy atom. The number of carboxylic acids is 1. The van der Waals surface area contributed by atoms with Crippen LogP contribution in [0.5, 0.6) is 0 Å². The molecule has 1 rings (SSSR count). The molecule has 1 aromatic rings. The Bertz CT molecular complexity index is 417. The van der Waals surface area contributed by atoms with Crippen LogP contribution in [-0.4, -0.2) is 23.0 Å². The van der Waals surface area contributed by atoms with Gasteiger partial charge in [-0.3, -0.25) is 4.79 Å². The van der Waals surface area contributed by atoms with Crippen molar-refractivity contribution in [2.75, 3.05) is 0 Å². The lowest BCUT2D eigenvalue weighted by atomic mass is 10.2. The van der Waals surface area contributed by atoms with Crippen LogP contribution in [0.2, 0.25) is 5.02 Å². The third kappa shape index (κ3) is 4.54. The summed E-state index contributed by atoms with van der Waals surface area (Å²) in [5, 5.41) is 9.37. The monoisotopic (exact) mass is 256 g/mol. The minimum Gasteiger partial charge on any atom is -0.479 e. The van der Waals surface area contributed by atoms with Crippen LogP contribution < -0.4 is 0 Å². The number of hydrogen-bond acceptors (Lipinski definition) is 3. The molecule has 1 aromatic carbocycles. The summed E-state index contributed by atoms with van der Waals surface area (Å²) in [7, 11) is 0. The van der Waals surface area contributed by atoms with Crippen molar-refractivity contribution in [2.24, 2.45) is 0 Å². The summed E-state index contributed by atoms with van der Waals surface area (Å²) >= 11 is 5.90. The largest absolute Gasteiger partial charge is 0.479 e. The lowest BCUT2D eigenvalue weighted by molar-refractivity contribution is -0.153. The molecule has 0 saturated carbocycles.